The van der Waals surface area contributed by atoms with E-state index in [0.29, 0.717) is 48.3 Å². The van der Waals surface area contributed by atoms with Gasteiger partial charge in [0.1, 0.15) is 0 Å². The zero-order valence-electron chi connectivity index (χ0n) is 23.7. The first-order chi connectivity index (χ1) is 18.5. The van der Waals surface area contributed by atoms with Gasteiger partial charge in [-0.25, -0.2) is 0 Å². The Hall–Kier alpha value is -1.83. The standard InChI is InChI=1S/C30H38ClN3O4Se/c1-16-11-21(39-6)20(27(35)32-16)13-34-15-30(9-10-30)24-23(28(34)36)17(2)26-19(25(24)31)12-29(3,38-26)22-8-7-18(14-37-22)33(4)5/h11,18,22H,7-10,12-15H2,1-6H3,(H,32,35)/t18-,22+,29-/m1/s1. The third-order valence-electron chi connectivity index (χ3n) is 9.43. The maximum atomic E-state index is 14.1. The van der Waals surface area contributed by atoms with Crippen LogP contribution in [-0.4, -0.2) is 80.6 Å². The fraction of sp³-hybridized carbons (Fsp3) is 0.600. The first-order valence-electron chi connectivity index (χ1n) is 13.9. The number of H-pyrrole nitrogens is 1. The van der Waals surface area contributed by atoms with Crippen LogP contribution < -0.4 is 14.8 Å². The fourth-order valence-corrected chi connectivity index (χ4v) is 8.86. The van der Waals surface area contributed by atoms with E-state index in [2.05, 4.69) is 36.7 Å². The molecule has 1 N–H and O–H groups in total. The molecule has 39 heavy (non-hydrogen) atoms. The summed E-state index contributed by atoms with van der Waals surface area (Å²) in [6, 6.07) is 2.46. The Morgan fingerprint density at radius 2 is 1.97 bits per heavy atom. The van der Waals surface area contributed by atoms with Crippen molar-refractivity contribution in [3.63, 3.8) is 0 Å². The second-order valence-corrected chi connectivity index (χ2v) is 14.5. The van der Waals surface area contributed by atoms with Crippen molar-refractivity contribution < 1.29 is 14.3 Å². The van der Waals surface area contributed by atoms with Gasteiger partial charge in [0.05, 0.1) is 6.61 Å². The molecule has 0 unspecified atom stereocenters. The van der Waals surface area contributed by atoms with Gasteiger partial charge in [0.2, 0.25) is 0 Å². The number of amides is 1. The fourth-order valence-electron chi connectivity index (χ4n) is 6.95. The van der Waals surface area contributed by atoms with Gasteiger partial charge in [0.25, 0.3) is 0 Å². The molecule has 3 atom stereocenters. The number of halogens is 1. The number of rotatable bonds is 5. The molecule has 6 rings (SSSR count). The molecule has 2 aromatic rings. The van der Waals surface area contributed by atoms with E-state index in [9.17, 15) is 9.59 Å². The van der Waals surface area contributed by atoms with E-state index in [1.54, 1.807) is 0 Å². The number of nitrogens with zero attached hydrogens (tertiary/aromatic N) is 2. The molecule has 4 heterocycles. The number of carbonyl (C=O) groups is 1. The molecule has 4 aliphatic rings. The second kappa shape index (κ2) is 9.63. The van der Waals surface area contributed by atoms with E-state index in [1.807, 2.05) is 24.8 Å². The van der Waals surface area contributed by atoms with Gasteiger partial charge in [-0.15, -0.1) is 0 Å². The molecule has 1 amide bonds. The molecule has 1 aromatic heterocycles. The van der Waals surface area contributed by atoms with Crippen LogP contribution in [-0.2, 0) is 23.1 Å². The summed E-state index contributed by atoms with van der Waals surface area (Å²) in [5.41, 5.74) is 4.37. The van der Waals surface area contributed by atoms with Gasteiger partial charge in [0.15, 0.2) is 0 Å². The number of aromatic amines is 1. The molecule has 1 spiro atoms. The van der Waals surface area contributed by atoms with E-state index >= 15 is 0 Å². The van der Waals surface area contributed by atoms with Gasteiger partial charge in [-0.2, -0.15) is 0 Å². The number of benzene rings is 1. The first-order valence-corrected chi connectivity index (χ1v) is 16.8. The van der Waals surface area contributed by atoms with Gasteiger partial charge < -0.3 is 4.90 Å². The molecule has 0 bridgehead atoms. The zero-order valence-corrected chi connectivity index (χ0v) is 26.2. The molecular weight excluding hydrogens is 581 g/mol. The second-order valence-electron chi connectivity index (χ2n) is 12.4. The van der Waals surface area contributed by atoms with Gasteiger partial charge >= 0.3 is 204 Å². The molecule has 9 heteroatoms. The number of aryl methyl sites for hydroxylation is 1. The minimum absolute atomic E-state index is 0.0294. The molecule has 7 nitrogen and oxygen atoms in total. The summed E-state index contributed by atoms with van der Waals surface area (Å²) in [7, 11) is 4.19. The summed E-state index contributed by atoms with van der Waals surface area (Å²) in [6.45, 7) is 7.63. The van der Waals surface area contributed by atoms with E-state index in [0.717, 1.165) is 58.3 Å². The molecule has 0 radical (unpaired) electrons. The number of carbonyl (C=O) groups excluding carboxylic acids is 1. The Morgan fingerprint density at radius 1 is 1.23 bits per heavy atom. The van der Waals surface area contributed by atoms with E-state index in [4.69, 9.17) is 21.1 Å². The van der Waals surface area contributed by atoms with Crippen LogP contribution in [0, 0.1) is 13.8 Å². The van der Waals surface area contributed by atoms with Gasteiger partial charge in [0, 0.05) is 6.04 Å². The van der Waals surface area contributed by atoms with Crippen LogP contribution in [0.4, 0.5) is 0 Å². The summed E-state index contributed by atoms with van der Waals surface area (Å²) in [5, 5.41) is 0.701. The number of aromatic nitrogens is 1. The van der Waals surface area contributed by atoms with Crippen molar-refractivity contribution in [2.75, 3.05) is 27.2 Å². The summed E-state index contributed by atoms with van der Waals surface area (Å²) in [5.74, 6) is 2.80. The Morgan fingerprint density at radius 3 is 2.59 bits per heavy atom. The number of nitrogens with one attached hydrogen (secondary N) is 1. The van der Waals surface area contributed by atoms with E-state index < -0.39 is 5.60 Å². The Kier molecular flexibility index (Phi) is 6.75. The van der Waals surface area contributed by atoms with Crippen molar-refractivity contribution >= 4 is 36.9 Å². The van der Waals surface area contributed by atoms with Crippen LogP contribution >= 0.6 is 11.6 Å². The van der Waals surface area contributed by atoms with Crippen molar-refractivity contribution in [2.45, 2.75) is 88.4 Å². The van der Waals surface area contributed by atoms with Crippen LogP contribution in [0.5, 0.6) is 5.75 Å². The van der Waals surface area contributed by atoms with Crippen molar-refractivity contribution in [1.82, 2.24) is 14.8 Å². The minimum atomic E-state index is -0.523. The van der Waals surface area contributed by atoms with Crippen LogP contribution in [0.1, 0.15) is 70.9 Å². The van der Waals surface area contributed by atoms with Gasteiger partial charge in [-0.1, -0.05) is 0 Å². The predicted molar refractivity (Wildman–Crippen MR) is 154 cm³/mol. The Balaban J connectivity index is 1.35. The molecule has 3 aliphatic heterocycles. The van der Waals surface area contributed by atoms with Gasteiger partial charge in [-0.3, -0.25) is 0 Å². The number of hydrogen-bond donors (Lipinski definition) is 1. The van der Waals surface area contributed by atoms with Crippen molar-refractivity contribution in [3.05, 3.63) is 55.0 Å². The first kappa shape index (κ1) is 27.3. The third-order valence-corrected chi connectivity index (χ3v) is 11.5. The monoisotopic (exact) mass is 619 g/mol. The van der Waals surface area contributed by atoms with Crippen molar-refractivity contribution in [2.24, 2.45) is 0 Å². The van der Waals surface area contributed by atoms with Crippen molar-refractivity contribution in [3.8, 4) is 5.75 Å². The predicted octanol–water partition coefficient (Wildman–Crippen LogP) is 3.51. The third kappa shape index (κ3) is 4.38. The molecular formula is C30H38ClN3O4Se. The number of pyridine rings is 1. The summed E-state index contributed by atoms with van der Waals surface area (Å²) in [6.07, 6.45) is 4.62. The Bertz CT molecular complexity index is 1410. The average Bonchev–Trinajstić information content (AvgIpc) is 3.56. The average molecular weight is 619 g/mol. The van der Waals surface area contributed by atoms with E-state index in [1.165, 1.54) is 0 Å². The SMILES string of the molecule is C[Se]c1cc(C)[nH]c(=O)c1CN1CC2(CC2)c2c(Cl)c3c(c(C)c2C1=O)O[C@@](C)([C@@H]1CC[C@@H](N(C)C)CO1)C3. The molecule has 1 saturated heterocycles. The summed E-state index contributed by atoms with van der Waals surface area (Å²) in [4.78, 5) is 34.1. The van der Waals surface area contributed by atoms with Crippen LogP contribution in [0.3, 0.4) is 0 Å². The van der Waals surface area contributed by atoms with Gasteiger partial charge in [-0.05, 0) is 20.5 Å². The van der Waals surface area contributed by atoms with Crippen LogP contribution in [0.25, 0.3) is 0 Å². The number of hydrogen-bond acceptors (Lipinski definition) is 5. The zero-order chi connectivity index (χ0) is 27.9. The molecule has 1 saturated carbocycles. The molecule has 1 aromatic carbocycles. The number of fused-ring (bicyclic) bond motifs is 3. The molecule has 210 valence electrons. The molecule has 2 fully saturated rings. The molecule has 1 aliphatic carbocycles. The normalized spacial score (nSPS) is 27.1. The Labute approximate surface area is 241 Å². The van der Waals surface area contributed by atoms with Crippen LogP contribution in [0.15, 0.2) is 10.9 Å². The number of likely N-dealkylation sites (N-methyl/N-ethyl adjacent to an activating group) is 1. The maximum absolute atomic E-state index is 14.1. The van der Waals surface area contributed by atoms with E-state index in [-0.39, 0.29) is 37.9 Å². The van der Waals surface area contributed by atoms with Crippen LogP contribution in [0.2, 0.25) is 10.8 Å². The van der Waals surface area contributed by atoms with Crippen molar-refractivity contribution in [1.29, 1.82) is 0 Å². The number of ether oxygens (including phenoxy) is 2. The topological polar surface area (TPSA) is 74.9 Å². The summed E-state index contributed by atoms with van der Waals surface area (Å²) >= 11 is 7.36. The summed E-state index contributed by atoms with van der Waals surface area (Å²) < 4.78 is 14.1. The quantitative estimate of drug-likeness (QED) is 0.520.